The number of fused-ring (bicyclic) bond motifs is 1. The van der Waals surface area contributed by atoms with Gasteiger partial charge >= 0.3 is 0 Å². The second kappa shape index (κ2) is 8.42. The Morgan fingerprint density at radius 3 is 2.41 bits per heavy atom. The van der Waals surface area contributed by atoms with Gasteiger partial charge in [0.25, 0.3) is 5.56 Å². The first-order chi connectivity index (χ1) is 15.3. The molecule has 0 saturated heterocycles. The Bertz CT molecular complexity index is 1370. The summed E-state index contributed by atoms with van der Waals surface area (Å²) in [6.07, 6.45) is 0.431. The molecule has 0 saturated carbocycles. The van der Waals surface area contributed by atoms with E-state index in [1.807, 2.05) is 83.1 Å². The maximum absolute atomic E-state index is 13.5. The monoisotopic (exact) mass is 429 g/mol. The van der Waals surface area contributed by atoms with Crippen molar-refractivity contribution in [2.45, 2.75) is 47.1 Å². The Kier molecular flexibility index (Phi) is 5.65. The molecule has 0 fully saturated rings. The van der Waals surface area contributed by atoms with Crippen molar-refractivity contribution >= 4 is 22.5 Å². The van der Waals surface area contributed by atoms with Crippen molar-refractivity contribution in [3.63, 3.8) is 0 Å². The van der Waals surface area contributed by atoms with E-state index in [1.54, 1.807) is 4.68 Å². The number of rotatable bonds is 5. The van der Waals surface area contributed by atoms with Crippen LogP contribution in [0.5, 0.6) is 0 Å². The molecule has 0 radical (unpaired) electrons. The van der Waals surface area contributed by atoms with Crippen LogP contribution in [0.2, 0.25) is 0 Å². The molecule has 164 valence electrons. The maximum atomic E-state index is 13.5. The zero-order valence-electron chi connectivity index (χ0n) is 19.0. The summed E-state index contributed by atoms with van der Waals surface area (Å²) < 4.78 is 3.06. The number of amides is 1. The van der Waals surface area contributed by atoms with Crippen LogP contribution < -0.4 is 10.9 Å². The van der Waals surface area contributed by atoms with Crippen LogP contribution in [0.4, 0.5) is 5.69 Å². The minimum Gasteiger partial charge on any atom is -0.324 e. The van der Waals surface area contributed by atoms with Crippen molar-refractivity contribution in [3.05, 3.63) is 81.4 Å². The van der Waals surface area contributed by atoms with Crippen LogP contribution in [0.15, 0.2) is 53.3 Å². The van der Waals surface area contributed by atoms with Gasteiger partial charge in [-0.3, -0.25) is 9.59 Å². The van der Waals surface area contributed by atoms with Gasteiger partial charge in [0.1, 0.15) is 11.6 Å². The number of carbonyl (C=O) groups excluding carboxylic acids is 1. The molecule has 0 aliphatic carbocycles. The molecule has 7 nitrogen and oxygen atoms in total. The minimum absolute atomic E-state index is 0.263. The molecule has 2 heterocycles. The van der Waals surface area contributed by atoms with Gasteiger partial charge in [-0.1, -0.05) is 42.8 Å². The average molecular weight is 430 g/mol. The Balaban J connectivity index is 1.79. The summed E-state index contributed by atoms with van der Waals surface area (Å²) in [4.78, 5) is 26.6. The van der Waals surface area contributed by atoms with E-state index in [0.29, 0.717) is 23.0 Å². The number of carbonyl (C=O) groups is 1. The first kappa shape index (κ1) is 21.5. The summed E-state index contributed by atoms with van der Waals surface area (Å²) in [5, 5.41) is 12.6. The fourth-order valence-electron chi connectivity index (χ4n) is 4.05. The Hall–Kier alpha value is -3.74. The lowest BCUT2D eigenvalue weighted by molar-refractivity contribution is -0.119. The van der Waals surface area contributed by atoms with Crippen LogP contribution in [0.1, 0.15) is 41.9 Å². The van der Waals surface area contributed by atoms with E-state index in [1.165, 1.54) is 4.68 Å². The number of anilines is 1. The molecule has 4 rings (SSSR count). The molecule has 2 aromatic heterocycles. The topological polar surface area (TPSA) is 81.8 Å². The molecule has 4 aromatic rings. The van der Waals surface area contributed by atoms with E-state index in [4.69, 9.17) is 0 Å². The van der Waals surface area contributed by atoms with Gasteiger partial charge < -0.3 is 5.32 Å². The highest BCUT2D eigenvalue weighted by Crippen LogP contribution is 2.23. The highest BCUT2D eigenvalue weighted by molar-refractivity contribution is 5.94. The van der Waals surface area contributed by atoms with Gasteiger partial charge in [0.05, 0.1) is 22.5 Å². The minimum atomic E-state index is -0.731. The quantitative estimate of drug-likeness (QED) is 0.510. The first-order valence-corrected chi connectivity index (χ1v) is 10.7. The maximum Gasteiger partial charge on any atom is 0.278 e. The summed E-state index contributed by atoms with van der Waals surface area (Å²) in [6, 6.07) is 14.8. The molecule has 0 aliphatic rings. The molecule has 1 N–H and O–H groups in total. The van der Waals surface area contributed by atoms with E-state index < -0.39 is 6.04 Å². The molecule has 7 heteroatoms. The van der Waals surface area contributed by atoms with E-state index in [-0.39, 0.29) is 11.5 Å². The molecule has 32 heavy (non-hydrogen) atoms. The van der Waals surface area contributed by atoms with Gasteiger partial charge in [0.15, 0.2) is 0 Å². The summed E-state index contributed by atoms with van der Waals surface area (Å²) in [5.74, 6) is -0.263. The fourth-order valence-corrected chi connectivity index (χ4v) is 4.05. The molecule has 0 bridgehead atoms. The number of para-hydroxylation sites is 1. The molecular weight excluding hydrogens is 402 g/mol. The van der Waals surface area contributed by atoms with Crippen LogP contribution in [0, 0.1) is 27.7 Å². The van der Waals surface area contributed by atoms with Gasteiger partial charge in [0.2, 0.25) is 5.91 Å². The number of aromatic nitrogens is 4. The number of benzene rings is 2. The molecule has 2 aromatic carbocycles. The molecule has 1 atom stereocenters. The summed E-state index contributed by atoms with van der Waals surface area (Å²) in [6.45, 7) is 9.51. The second-order valence-electron chi connectivity index (χ2n) is 8.12. The third kappa shape index (κ3) is 3.70. The number of hydrogen-bond acceptors (Lipinski definition) is 4. The van der Waals surface area contributed by atoms with E-state index in [0.717, 1.165) is 28.2 Å². The average Bonchev–Trinajstić information content (AvgIpc) is 3.13. The van der Waals surface area contributed by atoms with Crippen molar-refractivity contribution in [1.29, 1.82) is 0 Å². The zero-order valence-corrected chi connectivity index (χ0v) is 19.0. The van der Waals surface area contributed by atoms with Crippen molar-refractivity contribution < 1.29 is 4.79 Å². The van der Waals surface area contributed by atoms with Gasteiger partial charge in [-0.15, -0.1) is 0 Å². The van der Waals surface area contributed by atoms with Gasteiger partial charge in [-0.2, -0.15) is 10.2 Å². The third-order valence-corrected chi connectivity index (χ3v) is 5.76. The predicted octanol–water partition coefficient (Wildman–Crippen LogP) is 4.41. The molecular formula is C25H27N5O2. The first-order valence-electron chi connectivity index (χ1n) is 10.7. The Labute approximate surface area is 186 Å². The number of nitrogens with one attached hydrogen (secondary N) is 1. The standard InChI is InChI=1S/C25H27N5O2/c1-6-21(24(31)26-20-13-12-15(2)14-16(20)3)30-25(32)22-18(5)29(19-10-8-7-9-11-19)28-23(22)17(4)27-30/h7-14,21H,6H2,1-5H3,(H,26,31). The van der Waals surface area contributed by atoms with Crippen LogP contribution in [-0.2, 0) is 4.79 Å². The second-order valence-corrected chi connectivity index (χ2v) is 8.12. The Morgan fingerprint density at radius 2 is 1.75 bits per heavy atom. The van der Waals surface area contributed by atoms with Crippen molar-refractivity contribution in [2.24, 2.45) is 0 Å². The SMILES string of the molecule is CCC(C(=O)Nc1ccc(C)cc1C)n1nc(C)c2nn(-c3ccccc3)c(C)c2c1=O. The highest BCUT2D eigenvalue weighted by Gasteiger charge is 2.25. The summed E-state index contributed by atoms with van der Waals surface area (Å²) in [7, 11) is 0. The summed E-state index contributed by atoms with van der Waals surface area (Å²) >= 11 is 0. The van der Waals surface area contributed by atoms with Gasteiger partial charge in [0, 0.05) is 5.69 Å². The lowest BCUT2D eigenvalue weighted by Gasteiger charge is -2.18. The summed E-state index contributed by atoms with van der Waals surface area (Å²) in [5.41, 5.74) is 5.27. The lowest BCUT2D eigenvalue weighted by atomic mass is 10.1. The number of nitrogens with zero attached hydrogens (tertiary/aromatic N) is 4. The van der Waals surface area contributed by atoms with Crippen molar-refractivity contribution in [3.8, 4) is 5.69 Å². The van der Waals surface area contributed by atoms with Gasteiger partial charge in [-0.05, 0) is 57.9 Å². The van der Waals surface area contributed by atoms with Crippen LogP contribution in [0.25, 0.3) is 16.6 Å². The number of aryl methyl sites for hydroxylation is 4. The normalized spacial score (nSPS) is 12.2. The predicted molar refractivity (Wildman–Crippen MR) is 126 cm³/mol. The fraction of sp³-hybridized carbons (Fsp3) is 0.280. The third-order valence-electron chi connectivity index (χ3n) is 5.76. The van der Waals surface area contributed by atoms with E-state index in [2.05, 4.69) is 15.5 Å². The zero-order chi connectivity index (χ0) is 23.0. The molecule has 1 amide bonds. The van der Waals surface area contributed by atoms with Gasteiger partial charge in [-0.25, -0.2) is 9.36 Å². The highest BCUT2D eigenvalue weighted by atomic mass is 16.2. The largest absolute Gasteiger partial charge is 0.324 e. The molecule has 1 unspecified atom stereocenters. The lowest BCUT2D eigenvalue weighted by Crippen LogP contribution is -2.35. The van der Waals surface area contributed by atoms with Crippen molar-refractivity contribution in [2.75, 3.05) is 5.32 Å². The van der Waals surface area contributed by atoms with Crippen LogP contribution in [0.3, 0.4) is 0 Å². The van der Waals surface area contributed by atoms with E-state index >= 15 is 0 Å². The molecule has 0 aliphatic heterocycles. The Morgan fingerprint density at radius 1 is 1.03 bits per heavy atom. The number of hydrogen-bond donors (Lipinski definition) is 1. The van der Waals surface area contributed by atoms with Crippen molar-refractivity contribution in [1.82, 2.24) is 19.6 Å². The van der Waals surface area contributed by atoms with Crippen LogP contribution >= 0.6 is 0 Å². The van der Waals surface area contributed by atoms with Crippen LogP contribution in [-0.4, -0.2) is 25.5 Å². The van der Waals surface area contributed by atoms with E-state index in [9.17, 15) is 9.59 Å². The molecule has 0 spiro atoms. The smallest absolute Gasteiger partial charge is 0.278 e.